The summed E-state index contributed by atoms with van der Waals surface area (Å²) in [4.78, 5) is 32.4. The number of hydrogen-bond acceptors (Lipinski definition) is 5. The van der Waals surface area contributed by atoms with E-state index in [0.29, 0.717) is 16.9 Å². The van der Waals surface area contributed by atoms with Crippen molar-refractivity contribution in [1.29, 1.82) is 0 Å². The van der Waals surface area contributed by atoms with Gasteiger partial charge in [0.2, 0.25) is 0 Å². The maximum Gasteiger partial charge on any atom is 0.253 e. The highest BCUT2D eigenvalue weighted by Gasteiger charge is 2.42. The summed E-state index contributed by atoms with van der Waals surface area (Å²) < 4.78 is 32.3. The number of benzene rings is 2. The number of piperidine rings is 1. The summed E-state index contributed by atoms with van der Waals surface area (Å²) in [7, 11) is 1.60. The summed E-state index contributed by atoms with van der Waals surface area (Å²) in [6.07, 6.45) is 5.19. The number of rotatable bonds is 7. The van der Waals surface area contributed by atoms with Crippen molar-refractivity contribution >= 4 is 17.6 Å². The largest absolute Gasteiger partial charge is 0.496 e. The number of carbonyl (C=O) groups is 2. The van der Waals surface area contributed by atoms with Crippen LogP contribution in [0.25, 0.3) is 0 Å². The number of amides is 2. The van der Waals surface area contributed by atoms with Gasteiger partial charge in [0, 0.05) is 53.6 Å². The molecule has 3 heterocycles. The van der Waals surface area contributed by atoms with E-state index < -0.39 is 11.6 Å². The molecule has 2 aliphatic heterocycles. The first-order valence-corrected chi connectivity index (χ1v) is 12.7. The fraction of sp³-hybridized carbons (Fsp3) is 0.345. The average Bonchev–Trinajstić information content (AvgIpc) is 3.18. The molecule has 7 nitrogen and oxygen atoms in total. The molecule has 2 aromatic carbocycles. The maximum atomic E-state index is 13.8. The Morgan fingerprint density at radius 2 is 1.82 bits per heavy atom. The molecular formula is C29H30F2N4O3. The van der Waals surface area contributed by atoms with Gasteiger partial charge in [-0.3, -0.25) is 9.59 Å². The van der Waals surface area contributed by atoms with Crippen LogP contribution in [0.4, 0.5) is 14.6 Å². The predicted molar refractivity (Wildman–Crippen MR) is 139 cm³/mol. The summed E-state index contributed by atoms with van der Waals surface area (Å²) in [6.45, 7) is 1.84. The second-order valence-corrected chi connectivity index (χ2v) is 9.89. The number of ether oxygens (including phenoxy) is 1. The number of methoxy groups -OCH3 is 1. The zero-order valence-electron chi connectivity index (χ0n) is 21.3. The van der Waals surface area contributed by atoms with Gasteiger partial charge in [-0.1, -0.05) is 12.1 Å². The van der Waals surface area contributed by atoms with Gasteiger partial charge in [-0.05, 0) is 62.9 Å². The molecule has 2 N–H and O–H groups in total. The minimum Gasteiger partial charge on any atom is -0.496 e. The van der Waals surface area contributed by atoms with Gasteiger partial charge >= 0.3 is 0 Å². The number of carbonyl (C=O) groups excluding carboxylic acids is 2. The van der Waals surface area contributed by atoms with E-state index in [1.165, 1.54) is 12.3 Å². The highest BCUT2D eigenvalue weighted by molar-refractivity contribution is 5.96. The number of hydrogen-bond donors (Lipinski definition) is 2. The molecule has 2 aliphatic rings. The molecular weight excluding hydrogens is 490 g/mol. The van der Waals surface area contributed by atoms with Crippen molar-refractivity contribution in [1.82, 2.24) is 15.6 Å². The van der Waals surface area contributed by atoms with Gasteiger partial charge < -0.3 is 20.3 Å². The van der Waals surface area contributed by atoms with Crippen LogP contribution in [-0.4, -0.2) is 42.0 Å². The molecule has 9 heteroatoms. The molecule has 3 atom stereocenters. The third kappa shape index (κ3) is 5.18. The summed E-state index contributed by atoms with van der Waals surface area (Å²) in [5, 5.41) is 5.87. The van der Waals surface area contributed by atoms with Crippen LogP contribution in [0, 0.1) is 18.6 Å². The SMILES string of the molecule is COc1cccc(C(=O)N[C@H]2C[C@H]3CC[C@@H](C2)N3c2ccc(C(=O)NCc3ccc(F)cc3F)cn2)c1C. The molecule has 38 heavy (non-hydrogen) atoms. The second kappa shape index (κ2) is 10.8. The molecule has 0 spiro atoms. The molecule has 2 fully saturated rings. The van der Waals surface area contributed by atoms with Gasteiger partial charge in [0.1, 0.15) is 23.2 Å². The topological polar surface area (TPSA) is 83.6 Å². The Balaban J connectivity index is 1.19. The lowest BCUT2D eigenvalue weighted by atomic mass is 9.96. The predicted octanol–water partition coefficient (Wildman–Crippen LogP) is 4.54. The minimum atomic E-state index is -0.701. The summed E-state index contributed by atoms with van der Waals surface area (Å²) in [5.74, 6) is -0.346. The molecule has 5 rings (SSSR count). The maximum absolute atomic E-state index is 13.8. The Kier molecular flexibility index (Phi) is 7.26. The van der Waals surface area contributed by atoms with E-state index in [-0.39, 0.29) is 42.0 Å². The lowest BCUT2D eigenvalue weighted by Crippen LogP contribution is -2.50. The lowest BCUT2D eigenvalue weighted by molar-refractivity contribution is 0.0923. The van der Waals surface area contributed by atoms with Crippen LogP contribution in [0.3, 0.4) is 0 Å². The monoisotopic (exact) mass is 520 g/mol. The fourth-order valence-corrected chi connectivity index (χ4v) is 5.63. The molecule has 2 amide bonds. The molecule has 2 bridgehead atoms. The van der Waals surface area contributed by atoms with Gasteiger partial charge in [0.05, 0.1) is 12.7 Å². The fourth-order valence-electron chi connectivity index (χ4n) is 5.63. The average molecular weight is 521 g/mol. The smallest absolute Gasteiger partial charge is 0.253 e. The Morgan fingerprint density at radius 3 is 2.47 bits per heavy atom. The number of nitrogens with zero attached hydrogens (tertiary/aromatic N) is 2. The zero-order chi connectivity index (χ0) is 26.8. The van der Waals surface area contributed by atoms with E-state index >= 15 is 0 Å². The lowest BCUT2D eigenvalue weighted by Gasteiger charge is -2.40. The van der Waals surface area contributed by atoms with Crippen LogP contribution in [0.5, 0.6) is 5.75 Å². The van der Waals surface area contributed by atoms with Crippen molar-refractivity contribution in [3.8, 4) is 5.75 Å². The molecule has 0 aliphatic carbocycles. The second-order valence-electron chi connectivity index (χ2n) is 9.89. The number of aromatic nitrogens is 1. The number of nitrogens with one attached hydrogen (secondary N) is 2. The van der Waals surface area contributed by atoms with Crippen molar-refractivity contribution in [3.63, 3.8) is 0 Å². The highest BCUT2D eigenvalue weighted by atomic mass is 19.1. The molecule has 3 aromatic rings. The van der Waals surface area contributed by atoms with Gasteiger partial charge in [0.25, 0.3) is 11.8 Å². The highest BCUT2D eigenvalue weighted by Crippen LogP contribution is 2.38. The molecule has 0 radical (unpaired) electrons. The van der Waals surface area contributed by atoms with Gasteiger partial charge in [-0.15, -0.1) is 0 Å². The van der Waals surface area contributed by atoms with Crippen LogP contribution in [0.1, 0.15) is 57.5 Å². The minimum absolute atomic E-state index is 0.0502. The summed E-state index contributed by atoms with van der Waals surface area (Å²) in [5.41, 5.74) is 2.01. The third-order valence-corrected chi connectivity index (χ3v) is 7.55. The van der Waals surface area contributed by atoms with Gasteiger partial charge in [-0.25, -0.2) is 13.8 Å². The third-order valence-electron chi connectivity index (χ3n) is 7.55. The van der Waals surface area contributed by atoms with Crippen LogP contribution in [-0.2, 0) is 6.54 Å². The van der Waals surface area contributed by atoms with Crippen LogP contribution in [0.15, 0.2) is 54.7 Å². The first-order valence-electron chi connectivity index (χ1n) is 12.7. The molecule has 0 unspecified atom stereocenters. The Hall–Kier alpha value is -4.01. The van der Waals surface area contributed by atoms with Crippen LogP contribution < -0.4 is 20.3 Å². The van der Waals surface area contributed by atoms with E-state index in [0.717, 1.165) is 49.2 Å². The van der Waals surface area contributed by atoms with Crippen molar-refractivity contribution in [2.75, 3.05) is 12.0 Å². The Morgan fingerprint density at radius 1 is 1.05 bits per heavy atom. The van der Waals surface area contributed by atoms with Gasteiger partial charge in [0.15, 0.2) is 0 Å². The summed E-state index contributed by atoms with van der Waals surface area (Å²) in [6, 6.07) is 12.8. The Labute approximate surface area is 220 Å². The zero-order valence-corrected chi connectivity index (χ0v) is 21.3. The number of anilines is 1. The first-order chi connectivity index (χ1) is 18.3. The van der Waals surface area contributed by atoms with Crippen molar-refractivity contribution in [2.45, 2.75) is 57.3 Å². The number of pyridine rings is 1. The standard InChI is InChI=1S/C29H30F2N4O3/c1-17-24(4-3-5-26(17)38-2)29(37)34-21-13-22-9-10-23(14-21)35(22)27-11-7-19(16-32-27)28(36)33-15-18-6-8-20(30)12-25(18)31/h3-8,11-12,16,21-23H,9-10,13-15H2,1-2H3,(H,33,36)(H,34,37)/t21-,22+,23-. The van der Waals surface area contributed by atoms with E-state index in [9.17, 15) is 18.4 Å². The van der Waals surface area contributed by atoms with Crippen molar-refractivity contribution in [3.05, 3.63) is 88.6 Å². The normalized spacial score (nSPS) is 20.2. The number of halogens is 2. The first kappa shape index (κ1) is 25.6. The van der Waals surface area contributed by atoms with Crippen molar-refractivity contribution in [2.24, 2.45) is 0 Å². The van der Waals surface area contributed by atoms with Crippen molar-refractivity contribution < 1.29 is 23.1 Å². The van der Waals surface area contributed by atoms with Gasteiger partial charge in [-0.2, -0.15) is 0 Å². The van der Waals surface area contributed by atoms with Crippen LogP contribution in [0.2, 0.25) is 0 Å². The molecule has 198 valence electrons. The Bertz CT molecular complexity index is 1330. The summed E-state index contributed by atoms with van der Waals surface area (Å²) >= 11 is 0. The van der Waals surface area contributed by atoms with E-state index in [1.807, 2.05) is 31.2 Å². The molecule has 0 saturated carbocycles. The molecule has 2 saturated heterocycles. The number of fused-ring (bicyclic) bond motifs is 2. The van der Waals surface area contributed by atoms with Crippen LogP contribution >= 0.6 is 0 Å². The van der Waals surface area contributed by atoms with E-state index in [2.05, 4.69) is 20.5 Å². The quantitative estimate of drug-likeness (QED) is 0.478. The van der Waals surface area contributed by atoms with E-state index in [4.69, 9.17) is 4.74 Å². The van der Waals surface area contributed by atoms with E-state index in [1.54, 1.807) is 13.2 Å². The molecule has 1 aromatic heterocycles.